The SMILES string of the molecule is CN(c1ccncn1)C1CCCN(Cc2cccc(OC(F)F)c2)C1. The Balaban J connectivity index is 1.62. The van der Waals surface area contributed by atoms with E-state index in [0.717, 1.165) is 37.3 Å². The van der Waals surface area contributed by atoms with Gasteiger partial charge in [0.1, 0.15) is 17.9 Å². The summed E-state index contributed by atoms with van der Waals surface area (Å²) in [6.07, 6.45) is 5.49. The molecular formula is C18H22F2N4O. The lowest BCUT2D eigenvalue weighted by atomic mass is 10.0. The fourth-order valence-electron chi connectivity index (χ4n) is 3.25. The van der Waals surface area contributed by atoms with Crippen molar-refractivity contribution in [1.82, 2.24) is 14.9 Å². The van der Waals surface area contributed by atoms with Crippen molar-refractivity contribution in [2.45, 2.75) is 32.0 Å². The number of piperidine rings is 1. The highest BCUT2D eigenvalue weighted by atomic mass is 19.3. The van der Waals surface area contributed by atoms with E-state index in [1.807, 2.05) is 19.2 Å². The number of nitrogens with zero attached hydrogens (tertiary/aromatic N) is 4. The van der Waals surface area contributed by atoms with Crippen LogP contribution >= 0.6 is 0 Å². The van der Waals surface area contributed by atoms with Gasteiger partial charge in [-0.1, -0.05) is 12.1 Å². The van der Waals surface area contributed by atoms with Gasteiger partial charge < -0.3 is 9.64 Å². The lowest BCUT2D eigenvalue weighted by Crippen LogP contribution is -2.46. The van der Waals surface area contributed by atoms with Gasteiger partial charge in [0.25, 0.3) is 0 Å². The fourth-order valence-corrected chi connectivity index (χ4v) is 3.25. The van der Waals surface area contributed by atoms with Crippen LogP contribution < -0.4 is 9.64 Å². The van der Waals surface area contributed by atoms with Gasteiger partial charge >= 0.3 is 6.61 Å². The third-order valence-corrected chi connectivity index (χ3v) is 4.49. The van der Waals surface area contributed by atoms with E-state index in [4.69, 9.17) is 0 Å². The summed E-state index contributed by atoms with van der Waals surface area (Å²) >= 11 is 0. The van der Waals surface area contributed by atoms with Gasteiger partial charge in [0.05, 0.1) is 0 Å². The van der Waals surface area contributed by atoms with E-state index < -0.39 is 6.61 Å². The normalized spacial score (nSPS) is 18.3. The molecule has 0 saturated carbocycles. The van der Waals surface area contributed by atoms with Crippen molar-refractivity contribution in [2.75, 3.05) is 25.0 Å². The highest BCUT2D eigenvalue weighted by molar-refractivity contribution is 5.37. The van der Waals surface area contributed by atoms with E-state index in [1.165, 1.54) is 0 Å². The molecule has 5 nitrogen and oxygen atoms in total. The van der Waals surface area contributed by atoms with Gasteiger partial charge in [0.2, 0.25) is 0 Å². The summed E-state index contributed by atoms with van der Waals surface area (Å²) in [5, 5.41) is 0. The maximum atomic E-state index is 12.4. The van der Waals surface area contributed by atoms with E-state index >= 15 is 0 Å². The summed E-state index contributed by atoms with van der Waals surface area (Å²) in [6.45, 7) is -0.181. The largest absolute Gasteiger partial charge is 0.435 e. The minimum atomic E-state index is -2.80. The number of rotatable bonds is 6. The number of likely N-dealkylation sites (N-methyl/N-ethyl adjacent to an activating group) is 1. The Kier molecular flexibility index (Phi) is 5.75. The van der Waals surface area contributed by atoms with Crippen LogP contribution in [-0.2, 0) is 6.54 Å². The first-order valence-electron chi connectivity index (χ1n) is 8.37. The summed E-state index contributed by atoms with van der Waals surface area (Å²) in [7, 11) is 2.05. The van der Waals surface area contributed by atoms with Crippen molar-refractivity contribution in [3.05, 3.63) is 48.4 Å². The molecule has 2 aromatic rings. The van der Waals surface area contributed by atoms with E-state index in [2.05, 4.69) is 24.5 Å². The average Bonchev–Trinajstić information content (AvgIpc) is 2.62. The van der Waals surface area contributed by atoms with E-state index in [9.17, 15) is 8.78 Å². The maximum absolute atomic E-state index is 12.4. The Labute approximate surface area is 146 Å². The van der Waals surface area contributed by atoms with Crippen LogP contribution in [0.3, 0.4) is 0 Å². The van der Waals surface area contributed by atoms with Crippen LogP contribution in [0.4, 0.5) is 14.6 Å². The monoisotopic (exact) mass is 348 g/mol. The molecule has 1 saturated heterocycles. The molecule has 0 N–H and O–H groups in total. The molecule has 1 aromatic heterocycles. The zero-order valence-corrected chi connectivity index (χ0v) is 14.2. The first-order chi connectivity index (χ1) is 12.1. The summed E-state index contributed by atoms with van der Waals surface area (Å²) in [5.41, 5.74) is 0.975. The lowest BCUT2D eigenvalue weighted by molar-refractivity contribution is -0.0499. The molecule has 0 spiro atoms. The van der Waals surface area contributed by atoms with Crippen molar-refractivity contribution >= 4 is 5.82 Å². The Bertz CT molecular complexity index is 671. The minimum Gasteiger partial charge on any atom is -0.435 e. The van der Waals surface area contributed by atoms with Gasteiger partial charge in [-0.25, -0.2) is 9.97 Å². The van der Waals surface area contributed by atoms with Gasteiger partial charge in [0, 0.05) is 32.4 Å². The molecule has 1 atom stereocenters. The van der Waals surface area contributed by atoms with Gasteiger partial charge in [-0.05, 0) is 43.1 Å². The van der Waals surface area contributed by atoms with Crippen LogP contribution in [0.15, 0.2) is 42.9 Å². The molecule has 0 amide bonds. The molecule has 0 bridgehead atoms. The lowest BCUT2D eigenvalue weighted by Gasteiger charge is -2.38. The second-order valence-corrected chi connectivity index (χ2v) is 6.24. The van der Waals surface area contributed by atoms with Crippen molar-refractivity contribution in [2.24, 2.45) is 0 Å². The van der Waals surface area contributed by atoms with Crippen molar-refractivity contribution in [3.63, 3.8) is 0 Å². The maximum Gasteiger partial charge on any atom is 0.387 e. The quantitative estimate of drug-likeness (QED) is 0.802. The van der Waals surface area contributed by atoms with Gasteiger partial charge in [-0.2, -0.15) is 8.78 Å². The summed E-state index contributed by atoms with van der Waals surface area (Å²) < 4.78 is 29.2. The predicted molar refractivity (Wildman–Crippen MR) is 91.8 cm³/mol. The van der Waals surface area contributed by atoms with Gasteiger partial charge in [-0.3, -0.25) is 4.90 Å². The van der Waals surface area contributed by atoms with Gasteiger partial charge in [0.15, 0.2) is 0 Å². The van der Waals surface area contributed by atoms with Gasteiger partial charge in [-0.15, -0.1) is 0 Å². The number of halogens is 2. The molecule has 1 unspecified atom stereocenters. The number of anilines is 1. The second-order valence-electron chi connectivity index (χ2n) is 6.24. The molecule has 7 heteroatoms. The third-order valence-electron chi connectivity index (χ3n) is 4.49. The number of aromatic nitrogens is 2. The molecule has 1 aliphatic rings. The van der Waals surface area contributed by atoms with Crippen LogP contribution in [0.25, 0.3) is 0 Å². The predicted octanol–water partition coefficient (Wildman–Crippen LogP) is 3.18. The molecule has 134 valence electrons. The van der Waals surface area contributed by atoms with Crippen LogP contribution in [0.2, 0.25) is 0 Å². The number of likely N-dealkylation sites (tertiary alicyclic amines) is 1. The number of alkyl halides is 2. The average molecular weight is 348 g/mol. The number of hydrogen-bond donors (Lipinski definition) is 0. The van der Waals surface area contributed by atoms with Crippen molar-refractivity contribution in [3.8, 4) is 5.75 Å². The topological polar surface area (TPSA) is 41.5 Å². The molecule has 25 heavy (non-hydrogen) atoms. The highest BCUT2D eigenvalue weighted by Gasteiger charge is 2.24. The molecule has 1 aliphatic heterocycles. The Morgan fingerprint density at radius 2 is 2.24 bits per heavy atom. The van der Waals surface area contributed by atoms with Crippen LogP contribution in [0.5, 0.6) is 5.75 Å². The molecule has 1 aromatic carbocycles. The van der Waals surface area contributed by atoms with E-state index in [0.29, 0.717) is 12.6 Å². The zero-order valence-electron chi connectivity index (χ0n) is 14.2. The highest BCUT2D eigenvalue weighted by Crippen LogP contribution is 2.22. The summed E-state index contributed by atoms with van der Waals surface area (Å²) in [6, 6.07) is 9.20. The number of hydrogen-bond acceptors (Lipinski definition) is 5. The zero-order chi connectivity index (χ0) is 17.6. The second kappa shape index (κ2) is 8.20. The van der Waals surface area contributed by atoms with Crippen LogP contribution in [0.1, 0.15) is 18.4 Å². The van der Waals surface area contributed by atoms with E-state index in [1.54, 1.807) is 30.7 Å². The first-order valence-corrected chi connectivity index (χ1v) is 8.37. The smallest absolute Gasteiger partial charge is 0.387 e. The fraction of sp³-hybridized carbons (Fsp3) is 0.444. The van der Waals surface area contributed by atoms with Crippen LogP contribution in [-0.4, -0.2) is 47.7 Å². The summed E-state index contributed by atoms with van der Waals surface area (Å²) in [4.78, 5) is 12.8. The molecule has 1 fully saturated rings. The third kappa shape index (κ3) is 4.85. The molecule has 0 aliphatic carbocycles. The standard InChI is InChI=1S/C18H22F2N4O/c1-23(17-7-8-21-13-22-17)15-5-3-9-24(12-15)11-14-4-2-6-16(10-14)25-18(19)20/h2,4,6-8,10,13,15,18H,3,5,9,11-12H2,1H3. The van der Waals surface area contributed by atoms with Crippen molar-refractivity contribution < 1.29 is 13.5 Å². The Morgan fingerprint density at radius 1 is 1.36 bits per heavy atom. The first kappa shape index (κ1) is 17.5. The van der Waals surface area contributed by atoms with Crippen molar-refractivity contribution in [1.29, 1.82) is 0 Å². The minimum absolute atomic E-state index is 0.208. The number of benzene rings is 1. The number of ether oxygens (including phenoxy) is 1. The molecular weight excluding hydrogens is 326 g/mol. The summed E-state index contributed by atoms with van der Waals surface area (Å²) in [5.74, 6) is 1.12. The molecule has 3 rings (SSSR count). The van der Waals surface area contributed by atoms with Crippen LogP contribution in [0, 0.1) is 0 Å². The van der Waals surface area contributed by atoms with E-state index in [-0.39, 0.29) is 5.75 Å². The molecule has 0 radical (unpaired) electrons. The Hall–Kier alpha value is -2.28. The molecule has 2 heterocycles. The Morgan fingerprint density at radius 3 is 3.00 bits per heavy atom.